The van der Waals surface area contributed by atoms with Crippen molar-refractivity contribution in [3.63, 3.8) is 0 Å². The van der Waals surface area contributed by atoms with Crippen molar-refractivity contribution in [2.24, 2.45) is 0 Å². The molecule has 0 aliphatic carbocycles. The Balaban J connectivity index is 2.00. The highest BCUT2D eigenvalue weighted by Gasteiger charge is 2.30. The predicted molar refractivity (Wildman–Crippen MR) is 102 cm³/mol. The van der Waals surface area contributed by atoms with E-state index in [-0.39, 0.29) is 0 Å². The second kappa shape index (κ2) is 7.81. The topological polar surface area (TPSA) is 13.1 Å². The second-order valence-corrected chi connectivity index (χ2v) is 6.83. The van der Waals surface area contributed by atoms with Gasteiger partial charge >= 0.3 is 6.18 Å². The van der Waals surface area contributed by atoms with Gasteiger partial charge in [-0.25, -0.2) is 0 Å². The first kappa shape index (κ1) is 19.6. The van der Waals surface area contributed by atoms with Gasteiger partial charge in [-0.2, -0.15) is 13.2 Å². The number of alkyl halides is 3. The van der Waals surface area contributed by atoms with Gasteiger partial charge in [-0.05, 0) is 48.2 Å². The lowest BCUT2D eigenvalue weighted by molar-refractivity contribution is -0.137. The highest BCUT2D eigenvalue weighted by atomic mass is 35.5. The third-order valence-corrected chi connectivity index (χ3v) is 4.91. The van der Waals surface area contributed by atoms with Crippen molar-refractivity contribution < 1.29 is 17.6 Å². The molecule has 1 nitrogen and oxygen atoms in total. The minimum absolute atomic E-state index is 0.619. The lowest BCUT2D eigenvalue weighted by Gasteiger charge is -2.07. The Bertz CT molecular complexity index is 906. The first-order valence-corrected chi connectivity index (χ1v) is 9.26. The van der Waals surface area contributed by atoms with Crippen molar-refractivity contribution in [1.82, 2.24) is 0 Å². The van der Waals surface area contributed by atoms with Crippen LogP contribution in [0, 0.1) is 0 Å². The summed E-state index contributed by atoms with van der Waals surface area (Å²) in [5, 5.41) is 0.675. The van der Waals surface area contributed by atoms with Gasteiger partial charge in [0.1, 0.15) is 11.5 Å². The zero-order valence-electron chi connectivity index (χ0n) is 15.2. The number of hydrogen-bond donors (Lipinski definition) is 0. The van der Waals surface area contributed by atoms with Crippen LogP contribution in [0.3, 0.4) is 0 Å². The van der Waals surface area contributed by atoms with Crippen LogP contribution in [-0.4, -0.2) is 0 Å². The molecule has 0 fully saturated rings. The second-order valence-electron chi connectivity index (χ2n) is 6.40. The first-order chi connectivity index (χ1) is 12.8. The molecule has 1 aromatic heterocycles. The van der Waals surface area contributed by atoms with Crippen LogP contribution in [0.25, 0.3) is 11.3 Å². The molecule has 0 bridgehead atoms. The smallest absolute Gasteiger partial charge is 0.416 e. The molecule has 1 heterocycles. The molecule has 0 aliphatic heterocycles. The van der Waals surface area contributed by atoms with Crippen molar-refractivity contribution in [1.29, 1.82) is 0 Å². The average molecular weight is 393 g/mol. The molecule has 5 heteroatoms. The van der Waals surface area contributed by atoms with Crippen LogP contribution in [0.1, 0.15) is 41.9 Å². The molecule has 2 aromatic carbocycles. The molecule has 142 valence electrons. The van der Waals surface area contributed by atoms with Crippen LogP contribution >= 0.6 is 11.6 Å². The molecule has 0 saturated heterocycles. The molecule has 0 unspecified atom stereocenters. The van der Waals surface area contributed by atoms with Gasteiger partial charge < -0.3 is 4.42 Å². The fourth-order valence-electron chi connectivity index (χ4n) is 3.31. The minimum Gasteiger partial charge on any atom is -0.460 e. The van der Waals surface area contributed by atoms with Gasteiger partial charge in [0, 0.05) is 22.6 Å². The predicted octanol–water partition coefficient (Wildman–Crippen LogP) is 7.33. The highest BCUT2D eigenvalue weighted by Crippen LogP contribution is 2.36. The van der Waals surface area contributed by atoms with E-state index in [1.165, 1.54) is 12.1 Å². The lowest BCUT2D eigenvalue weighted by Crippen LogP contribution is -2.04. The first-order valence-electron chi connectivity index (χ1n) is 8.89. The maximum absolute atomic E-state index is 12.8. The summed E-state index contributed by atoms with van der Waals surface area (Å²) in [6, 6.07) is 12.7. The number of furan rings is 1. The van der Waals surface area contributed by atoms with Crippen LogP contribution in [0.4, 0.5) is 13.2 Å². The molecular formula is C22H20ClF3O. The fraction of sp³-hybridized carbons (Fsp3) is 0.273. The monoisotopic (exact) mass is 392 g/mol. The zero-order chi connectivity index (χ0) is 19.6. The molecule has 0 N–H and O–H groups in total. The van der Waals surface area contributed by atoms with E-state index in [1.807, 2.05) is 31.2 Å². The summed E-state index contributed by atoms with van der Waals surface area (Å²) in [5.41, 5.74) is 3.26. The third kappa shape index (κ3) is 4.22. The van der Waals surface area contributed by atoms with Crippen LogP contribution in [0.2, 0.25) is 5.02 Å². The van der Waals surface area contributed by atoms with Crippen molar-refractivity contribution in [2.75, 3.05) is 0 Å². The Morgan fingerprint density at radius 2 is 1.44 bits per heavy atom. The van der Waals surface area contributed by atoms with Crippen molar-refractivity contribution >= 4 is 11.6 Å². The van der Waals surface area contributed by atoms with E-state index in [0.29, 0.717) is 22.8 Å². The van der Waals surface area contributed by atoms with Gasteiger partial charge in [0.05, 0.1) is 5.56 Å². The Kier molecular flexibility index (Phi) is 5.66. The van der Waals surface area contributed by atoms with E-state index in [1.54, 1.807) is 0 Å². The summed E-state index contributed by atoms with van der Waals surface area (Å²) >= 11 is 5.95. The molecule has 0 atom stereocenters. The zero-order valence-corrected chi connectivity index (χ0v) is 15.9. The van der Waals surface area contributed by atoms with Crippen LogP contribution < -0.4 is 0 Å². The molecule has 0 spiro atoms. The van der Waals surface area contributed by atoms with Gasteiger partial charge in [-0.3, -0.25) is 0 Å². The molecule has 0 amide bonds. The maximum Gasteiger partial charge on any atom is 0.416 e. The number of hydrogen-bond acceptors (Lipinski definition) is 1. The molecule has 0 saturated carbocycles. The number of rotatable bonds is 5. The molecule has 3 aromatic rings. The molecule has 0 aliphatic rings. The minimum atomic E-state index is -4.34. The summed E-state index contributed by atoms with van der Waals surface area (Å²) in [7, 11) is 0. The van der Waals surface area contributed by atoms with Crippen molar-refractivity contribution in [2.45, 2.75) is 39.3 Å². The van der Waals surface area contributed by atoms with Crippen LogP contribution in [0.5, 0.6) is 0 Å². The van der Waals surface area contributed by atoms with Gasteiger partial charge in [-0.1, -0.05) is 49.7 Å². The normalized spacial score (nSPS) is 11.8. The van der Waals surface area contributed by atoms with E-state index < -0.39 is 11.7 Å². The largest absolute Gasteiger partial charge is 0.460 e. The number of benzene rings is 2. The summed E-state index contributed by atoms with van der Waals surface area (Å²) in [6.45, 7) is 4.09. The average Bonchev–Trinajstić information content (AvgIpc) is 3.00. The van der Waals surface area contributed by atoms with Gasteiger partial charge in [-0.15, -0.1) is 0 Å². The lowest BCUT2D eigenvalue weighted by atomic mass is 9.98. The van der Waals surface area contributed by atoms with Crippen LogP contribution in [-0.2, 0) is 25.4 Å². The van der Waals surface area contributed by atoms with Crippen LogP contribution in [0.15, 0.2) is 52.9 Å². The Hall–Kier alpha value is -2.20. The van der Waals surface area contributed by atoms with Gasteiger partial charge in [0.2, 0.25) is 0 Å². The third-order valence-electron chi connectivity index (χ3n) is 4.66. The quantitative estimate of drug-likeness (QED) is 0.443. The summed E-state index contributed by atoms with van der Waals surface area (Å²) in [6.07, 6.45) is -2.17. The molecular weight excluding hydrogens is 373 g/mol. The molecule has 3 rings (SSSR count). The van der Waals surface area contributed by atoms with E-state index in [4.69, 9.17) is 16.0 Å². The van der Waals surface area contributed by atoms with E-state index >= 15 is 0 Å². The highest BCUT2D eigenvalue weighted by molar-refractivity contribution is 6.30. The van der Waals surface area contributed by atoms with Gasteiger partial charge in [0.25, 0.3) is 0 Å². The van der Waals surface area contributed by atoms with Gasteiger partial charge in [0.15, 0.2) is 0 Å². The summed E-state index contributed by atoms with van der Waals surface area (Å²) in [5.74, 6) is 1.51. The van der Waals surface area contributed by atoms with E-state index in [2.05, 4.69) is 6.92 Å². The summed E-state index contributed by atoms with van der Waals surface area (Å²) in [4.78, 5) is 0. The SMILES string of the molecule is CCc1c(Cc2ccc(Cl)cc2)oc(-c2ccc(C(F)(F)F)cc2)c1CC. The van der Waals surface area contributed by atoms with E-state index in [0.717, 1.165) is 47.4 Å². The van der Waals surface area contributed by atoms with Crippen molar-refractivity contribution in [3.8, 4) is 11.3 Å². The molecule has 27 heavy (non-hydrogen) atoms. The standard InChI is InChI=1S/C22H20ClF3O/c1-3-18-19(4-2)21(15-7-9-16(10-8-15)22(24,25)26)27-20(18)13-14-5-11-17(23)12-6-14/h5-12H,3-4,13H2,1-2H3. The fourth-order valence-corrected chi connectivity index (χ4v) is 3.44. The summed E-state index contributed by atoms with van der Waals surface area (Å²) < 4.78 is 44.6. The Labute approximate surface area is 161 Å². The van der Waals surface area contributed by atoms with Crippen molar-refractivity contribution in [3.05, 3.63) is 81.6 Å². The Morgan fingerprint density at radius 3 is 1.96 bits per heavy atom. The van der Waals surface area contributed by atoms with E-state index in [9.17, 15) is 13.2 Å². The molecule has 0 radical (unpaired) electrons. The maximum atomic E-state index is 12.8. The Morgan fingerprint density at radius 1 is 0.852 bits per heavy atom. The number of halogens is 4.